The van der Waals surface area contributed by atoms with E-state index in [2.05, 4.69) is 0 Å². The van der Waals surface area contributed by atoms with Gasteiger partial charge in [-0.2, -0.15) is 0 Å². The van der Waals surface area contributed by atoms with Crippen LogP contribution >= 0.6 is 11.8 Å². The first kappa shape index (κ1) is 13.9. The fourth-order valence-corrected chi connectivity index (χ4v) is 2.37. The molecule has 2 nitrogen and oxygen atoms in total. The van der Waals surface area contributed by atoms with E-state index in [1.807, 2.05) is 30.5 Å². The third-order valence-corrected chi connectivity index (χ3v) is 3.54. The summed E-state index contributed by atoms with van der Waals surface area (Å²) in [6, 6.07) is 12.5. The Morgan fingerprint density at radius 2 is 1.84 bits per heavy atom. The smallest absolute Gasteiger partial charge is 0.140 e. The molecule has 0 aliphatic rings. The van der Waals surface area contributed by atoms with E-state index < -0.39 is 0 Å². The minimum atomic E-state index is -0.274. The molecule has 0 bridgehead atoms. The highest BCUT2D eigenvalue weighted by Gasteiger charge is 2.11. The van der Waals surface area contributed by atoms with Gasteiger partial charge in [0.25, 0.3) is 0 Å². The average Bonchev–Trinajstić information content (AvgIpc) is 2.43. The summed E-state index contributed by atoms with van der Waals surface area (Å²) in [6.07, 6.45) is 2.44. The van der Waals surface area contributed by atoms with Gasteiger partial charge in [0.15, 0.2) is 0 Å². The number of para-hydroxylation sites is 1. The molecule has 19 heavy (non-hydrogen) atoms. The Hall–Kier alpha value is -1.52. The molecular formula is C15H16FNOS. The Morgan fingerprint density at radius 1 is 1.11 bits per heavy atom. The van der Waals surface area contributed by atoms with Crippen molar-refractivity contribution in [3.05, 3.63) is 53.8 Å². The molecule has 0 aliphatic heterocycles. The summed E-state index contributed by atoms with van der Waals surface area (Å²) >= 11 is 1.59. The molecule has 0 amide bonds. The predicted octanol–water partition coefficient (Wildman–Crippen LogP) is 3.84. The Bertz CT molecular complexity index is 560. The van der Waals surface area contributed by atoms with Crippen molar-refractivity contribution in [3.63, 3.8) is 0 Å². The first-order chi connectivity index (χ1) is 9.26. The van der Waals surface area contributed by atoms with Gasteiger partial charge in [-0.3, -0.25) is 0 Å². The van der Waals surface area contributed by atoms with Gasteiger partial charge >= 0.3 is 0 Å². The van der Waals surface area contributed by atoms with E-state index >= 15 is 0 Å². The number of rotatable bonds is 5. The van der Waals surface area contributed by atoms with Crippen LogP contribution in [0.3, 0.4) is 0 Å². The Balaban J connectivity index is 2.35. The quantitative estimate of drug-likeness (QED) is 0.843. The van der Waals surface area contributed by atoms with Gasteiger partial charge in [-0.1, -0.05) is 18.2 Å². The molecule has 0 radical (unpaired) electrons. The molecule has 2 N–H and O–H groups in total. The van der Waals surface area contributed by atoms with Crippen LogP contribution in [0.5, 0.6) is 11.5 Å². The third-order valence-electron chi connectivity index (χ3n) is 2.76. The SMILES string of the molecule is CSc1ccccc1Oc1cccc(F)c1CCN. The van der Waals surface area contributed by atoms with Crippen LogP contribution in [0.15, 0.2) is 47.4 Å². The monoisotopic (exact) mass is 277 g/mol. The third kappa shape index (κ3) is 3.28. The second-order valence-electron chi connectivity index (χ2n) is 4.01. The van der Waals surface area contributed by atoms with Crippen LogP contribution in [0.4, 0.5) is 4.39 Å². The molecule has 100 valence electrons. The van der Waals surface area contributed by atoms with Crippen molar-refractivity contribution in [2.45, 2.75) is 11.3 Å². The fraction of sp³-hybridized carbons (Fsp3) is 0.200. The molecule has 0 unspecified atom stereocenters. The zero-order valence-corrected chi connectivity index (χ0v) is 11.5. The van der Waals surface area contributed by atoms with E-state index in [0.717, 1.165) is 10.6 Å². The van der Waals surface area contributed by atoms with Gasteiger partial charge in [-0.05, 0) is 43.5 Å². The first-order valence-electron chi connectivity index (χ1n) is 6.04. The van der Waals surface area contributed by atoms with Gasteiger partial charge in [0.05, 0.1) is 0 Å². The summed E-state index contributed by atoms with van der Waals surface area (Å²) < 4.78 is 19.6. The molecule has 0 saturated heterocycles. The lowest BCUT2D eigenvalue weighted by molar-refractivity contribution is 0.457. The number of benzene rings is 2. The minimum Gasteiger partial charge on any atom is -0.456 e. The van der Waals surface area contributed by atoms with Crippen LogP contribution in [0.1, 0.15) is 5.56 Å². The molecular weight excluding hydrogens is 261 g/mol. The molecule has 0 spiro atoms. The highest BCUT2D eigenvalue weighted by Crippen LogP contribution is 2.33. The maximum atomic E-state index is 13.8. The summed E-state index contributed by atoms with van der Waals surface area (Å²) in [5.74, 6) is 0.996. The second-order valence-corrected chi connectivity index (χ2v) is 4.86. The van der Waals surface area contributed by atoms with E-state index in [4.69, 9.17) is 10.5 Å². The van der Waals surface area contributed by atoms with E-state index in [1.165, 1.54) is 6.07 Å². The minimum absolute atomic E-state index is 0.274. The largest absolute Gasteiger partial charge is 0.456 e. The van der Waals surface area contributed by atoms with Gasteiger partial charge < -0.3 is 10.5 Å². The summed E-state index contributed by atoms with van der Waals surface area (Å²) in [6.45, 7) is 0.390. The molecule has 0 aromatic heterocycles. The summed E-state index contributed by atoms with van der Waals surface area (Å²) in [7, 11) is 0. The first-order valence-corrected chi connectivity index (χ1v) is 7.27. The summed E-state index contributed by atoms with van der Waals surface area (Å²) in [5, 5.41) is 0. The number of hydrogen-bond acceptors (Lipinski definition) is 3. The van der Waals surface area contributed by atoms with Crippen molar-refractivity contribution in [1.29, 1.82) is 0 Å². The lowest BCUT2D eigenvalue weighted by Gasteiger charge is -2.13. The average molecular weight is 277 g/mol. The Labute approximate surface area is 116 Å². The predicted molar refractivity (Wildman–Crippen MR) is 77.5 cm³/mol. The van der Waals surface area contributed by atoms with Gasteiger partial charge in [-0.15, -0.1) is 11.8 Å². The molecule has 0 atom stereocenters. The zero-order chi connectivity index (χ0) is 13.7. The van der Waals surface area contributed by atoms with Crippen molar-refractivity contribution in [3.8, 4) is 11.5 Å². The molecule has 0 fully saturated rings. The lowest BCUT2D eigenvalue weighted by Crippen LogP contribution is -2.06. The van der Waals surface area contributed by atoms with E-state index in [1.54, 1.807) is 23.9 Å². The topological polar surface area (TPSA) is 35.2 Å². The van der Waals surface area contributed by atoms with Crippen LogP contribution in [0.25, 0.3) is 0 Å². The van der Waals surface area contributed by atoms with Gasteiger partial charge in [0, 0.05) is 10.5 Å². The zero-order valence-electron chi connectivity index (χ0n) is 10.7. The molecule has 4 heteroatoms. The molecule has 0 heterocycles. The molecule has 2 rings (SSSR count). The fourth-order valence-electron chi connectivity index (χ4n) is 1.84. The van der Waals surface area contributed by atoms with Crippen LogP contribution in [-0.2, 0) is 6.42 Å². The van der Waals surface area contributed by atoms with Crippen LogP contribution in [-0.4, -0.2) is 12.8 Å². The van der Waals surface area contributed by atoms with E-state index in [-0.39, 0.29) is 5.82 Å². The van der Waals surface area contributed by atoms with Crippen LogP contribution in [0, 0.1) is 5.82 Å². The number of hydrogen-bond donors (Lipinski definition) is 1. The van der Waals surface area contributed by atoms with Crippen LogP contribution < -0.4 is 10.5 Å². The summed E-state index contributed by atoms with van der Waals surface area (Å²) in [5.41, 5.74) is 6.05. The molecule has 2 aromatic rings. The summed E-state index contributed by atoms with van der Waals surface area (Å²) in [4.78, 5) is 1.02. The van der Waals surface area contributed by atoms with Crippen molar-refractivity contribution in [1.82, 2.24) is 0 Å². The lowest BCUT2D eigenvalue weighted by atomic mass is 10.1. The normalized spacial score (nSPS) is 10.5. The maximum absolute atomic E-state index is 13.8. The molecule has 0 aliphatic carbocycles. The van der Waals surface area contributed by atoms with Gasteiger partial charge in [0.2, 0.25) is 0 Å². The molecule has 0 saturated carbocycles. The number of nitrogens with two attached hydrogens (primary N) is 1. The number of thioether (sulfide) groups is 1. The van der Waals surface area contributed by atoms with Crippen molar-refractivity contribution in [2.75, 3.05) is 12.8 Å². The maximum Gasteiger partial charge on any atom is 0.140 e. The van der Waals surface area contributed by atoms with Crippen molar-refractivity contribution >= 4 is 11.8 Å². The number of halogens is 1. The highest BCUT2D eigenvalue weighted by molar-refractivity contribution is 7.98. The van der Waals surface area contributed by atoms with Crippen LogP contribution in [0.2, 0.25) is 0 Å². The van der Waals surface area contributed by atoms with Gasteiger partial charge in [-0.25, -0.2) is 4.39 Å². The Morgan fingerprint density at radius 3 is 2.58 bits per heavy atom. The van der Waals surface area contributed by atoms with Crippen molar-refractivity contribution in [2.24, 2.45) is 5.73 Å². The van der Waals surface area contributed by atoms with E-state index in [0.29, 0.717) is 24.3 Å². The molecule has 2 aromatic carbocycles. The van der Waals surface area contributed by atoms with E-state index in [9.17, 15) is 4.39 Å². The standard InChI is InChI=1S/C15H16FNOS/c1-19-15-8-3-2-6-14(15)18-13-7-4-5-12(16)11(13)9-10-17/h2-8H,9-10,17H2,1H3. The highest BCUT2D eigenvalue weighted by atomic mass is 32.2. The Kier molecular flexibility index (Phi) is 4.82. The van der Waals surface area contributed by atoms with Crippen molar-refractivity contribution < 1.29 is 9.13 Å². The van der Waals surface area contributed by atoms with Gasteiger partial charge in [0.1, 0.15) is 17.3 Å². The second kappa shape index (κ2) is 6.59. The number of ether oxygens (including phenoxy) is 1.